The molecule has 36 heavy (non-hydrogen) atoms. The fourth-order valence-electron chi connectivity index (χ4n) is 6.14. The average Bonchev–Trinajstić information content (AvgIpc) is 2.93. The van der Waals surface area contributed by atoms with E-state index in [0.29, 0.717) is 5.56 Å². The van der Waals surface area contributed by atoms with E-state index in [2.05, 4.69) is 128 Å². The molecule has 2 nitrogen and oxygen atoms in total. The van der Waals surface area contributed by atoms with Crippen molar-refractivity contribution in [2.45, 2.75) is 19.3 Å². The first-order chi connectivity index (χ1) is 17.6. The molecule has 170 valence electrons. The van der Waals surface area contributed by atoms with Crippen LogP contribution in [0, 0.1) is 11.3 Å². The minimum atomic E-state index is -0.106. The van der Waals surface area contributed by atoms with Crippen molar-refractivity contribution in [3.8, 4) is 6.07 Å². The molecule has 0 aromatic heterocycles. The molecule has 0 fully saturated rings. The third kappa shape index (κ3) is 2.72. The lowest BCUT2D eigenvalue weighted by Gasteiger charge is -2.42. The molecule has 6 aromatic rings. The first kappa shape index (κ1) is 20.7. The second-order valence-electron chi connectivity index (χ2n) is 10.1. The quantitative estimate of drug-likeness (QED) is 0.229. The predicted molar refractivity (Wildman–Crippen MR) is 150 cm³/mol. The van der Waals surface area contributed by atoms with E-state index < -0.39 is 0 Å². The van der Waals surface area contributed by atoms with E-state index in [1.54, 1.807) is 0 Å². The van der Waals surface area contributed by atoms with Crippen molar-refractivity contribution < 1.29 is 0 Å². The lowest BCUT2D eigenvalue weighted by Crippen LogP contribution is -2.30. The zero-order valence-electron chi connectivity index (χ0n) is 20.3. The Kier molecular flexibility index (Phi) is 4.29. The summed E-state index contributed by atoms with van der Waals surface area (Å²) in [6.07, 6.45) is 0. The molecule has 6 aromatic carbocycles. The number of anilines is 3. The van der Waals surface area contributed by atoms with Crippen LogP contribution in [0.25, 0.3) is 32.3 Å². The van der Waals surface area contributed by atoms with E-state index in [9.17, 15) is 5.26 Å². The molecule has 1 aliphatic rings. The zero-order chi connectivity index (χ0) is 24.4. The smallest absolute Gasteiger partial charge is 0.0998 e. The Morgan fingerprint density at radius 1 is 0.528 bits per heavy atom. The van der Waals surface area contributed by atoms with Gasteiger partial charge in [-0.15, -0.1) is 0 Å². The maximum Gasteiger partial charge on any atom is 0.0998 e. The van der Waals surface area contributed by atoms with Crippen LogP contribution in [0.5, 0.6) is 0 Å². The molecule has 0 aliphatic carbocycles. The fourth-order valence-corrected chi connectivity index (χ4v) is 6.14. The monoisotopic (exact) mass is 460 g/mol. The zero-order valence-corrected chi connectivity index (χ0v) is 20.3. The van der Waals surface area contributed by atoms with Gasteiger partial charge in [0.15, 0.2) is 0 Å². The van der Waals surface area contributed by atoms with E-state index in [-0.39, 0.29) is 5.41 Å². The Labute approximate surface area is 210 Å². The Morgan fingerprint density at radius 2 is 1.00 bits per heavy atom. The molecule has 0 saturated heterocycles. The summed E-state index contributed by atoms with van der Waals surface area (Å²) in [7, 11) is 0. The number of nitriles is 1. The summed E-state index contributed by atoms with van der Waals surface area (Å²) in [4.78, 5) is 2.44. The summed E-state index contributed by atoms with van der Waals surface area (Å²) in [6, 6.07) is 41.2. The van der Waals surface area contributed by atoms with Gasteiger partial charge in [0.1, 0.15) is 0 Å². The molecule has 1 heterocycles. The molecule has 7 rings (SSSR count). The lowest BCUT2D eigenvalue weighted by molar-refractivity contribution is 0.632. The number of rotatable bonds is 1. The highest BCUT2D eigenvalue weighted by atomic mass is 15.2. The molecule has 0 unspecified atom stereocenters. The van der Waals surface area contributed by atoms with Crippen LogP contribution in [0.4, 0.5) is 17.1 Å². The standard InChI is InChI=1S/C34H24N2/c1-34(2)29-15-7-9-17-31(29)36(32-18-10-8-16-30(32)34)33-20-28-24-12-4-3-11-23(24)22(21-35)19-27(28)25-13-5-6-14-26(25)33/h3-20H,1-2H3. The number of fused-ring (bicyclic) bond motifs is 7. The van der Waals surface area contributed by atoms with Crippen LogP contribution in [0.15, 0.2) is 109 Å². The van der Waals surface area contributed by atoms with Gasteiger partial charge in [-0.05, 0) is 56.9 Å². The van der Waals surface area contributed by atoms with Gasteiger partial charge in [0.2, 0.25) is 0 Å². The minimum Gasteiger partial charge on any atom is -0.309 e. The largest absolute Gasteiger partial charge is 0.309 e. The number of nitrogens with zero attached hydrogens (tertiary/aromatic N) is 2. The molecule has 0 spiro atoms. The van der Waals surface area contributed by atoms with Crippen molar-refractivity contribution in [3.63, 3.8) is 0 Å². The summed E-state index contributed by atoms with van der Waals surface area (Å²) < 4.78 is 0. The van der Waals surface area contributed by atoms with E-state index >= 15 is 0 Å². The van der Waals surface area contributed by atoms with Crippen molar-refractivity contribution in [1.82, 2.24) is 0 Å². The summed E-state index contributed by atoms with van der Waals surface area (Å²) >= 11 is 0. The third-order valence-corrected chi connectivity index (χ3v) is 7.86. The molecule has 0 bridgehead atoms. The predicted octanol–water partition coefficient (Wildman–Crippen LogP) is 9.13. The van der Waals surface area contributed by atoms with Crippen LogP contribution >= 0.6 is 0 Å². The Bertz CT molecular complexity index is 1840. The van der Waals surface area contributed by atoms with Gasteiger partial charge in [-0.2, -0.15) is 5.26 Å². The van der Waals surface area contributed by atoms with Crippen molar-refractivity contribution in [2.75, 3.05) is 4.90 Å². The lowest BCUT2D eigenvalue weighted by atomic mass is 9.73. The van der Waals surface area contributed by atoms with Gasteiger partial charge in [-0.1, -0.05) is 98.8 Å². The first-order valence-electron chi connectivity index (χ1n) is 12.4. The van der Waals surface area contributed by atoms with Crippen LogP contribution in [-0.2, 0) is 5.41 Å². The van der Waals surface area contributed by atoms with Gasteiger partial charge in [0.25, 0.3) is 0 Å². The SMILES string of the molecule is CC1(C)c2ccccc2N(c2cc3c4ccccc4c(C#N)cc3c3ccccc23)c2ccccc21. The van der Waals surface area contributed by atoms with Gasteiger partial charge in [0.05, 0.1) is 28.7 Å². The molecule has 0 saturated carbocycles. The summed E-state index contributed by atoms with van der Waals surface area (Å²) in [6.45, 7) is 4.63. The van der Waals surface area contributed by atoms with Gasteiger partial charge < -0.3 is 4.90 Å². The molecular formula is C34H24N2. The van der Waals surface area contributed by atoms with Gasteiger partial charge in [-0.25, -0.2) is 0 Å². The molecule has 0 amide bonds. The molecule has 0 N–H and O–H groups in total. The van der Waals surface area contributed by atoms with Crippen molar-refractivity contribution in [3.05, 3.63) is 126 Å². The van der Waals surface area contributed by atoms with Crippen molar-refractivity contribution >= 4 is 49.4 Å². The van der Waals surface area contributed by atoms with Crippen LogP contribution in [0.1, 0.15) is 30.5 Å². The van der Waals surface area contributed by atoms with E-state index in [1.807, 2.05) is 6.07 Å². The molecule has 0 radical (unpaired) electrons. The number of hydrogen-bond acceptors (Lipinski definition) is 2. The highest BCUT2D eigenvalue weighted by Gasteiger charge is 2.37. The minimum absolute atomic E-state index is 0.106. The Balaban J connectivity index is 1.67. The maximum atomic E-state index is 9.93. The van der Waals surface area contributed by atoms with E-state index in [0.717, 1.165) is 32.6 Å². The third-order valence-electron chi connectivity index (χ3n) is 7.86. The fraction of sp³-hybridized carbons (Fsp3) is 0.0882. The van der Waals surface area contributed by atoms with Crippen LogP contribution in [0.3, 0.4) is 0 Å². The Hall–Kier alpha value is -4.61. The second-order valence-corrected chi connectivity index (χ2v) is 10.1. The number of benzene rings is 6. The van der Waals surface area contributed by atoms with Crippen molar-refractivity contribution in [2.24, 2.45) is 0 Å². The summed E-state index contributed by atoms with van der Waals surface area (Å²) in [5, 5.41) is 16.7. The van der Waals surface area contributed by atoms with E-state index in [4.69, 9.17) is 0 Å². The van der Waals surface area contributed by atoms with Crippen molar-refractivity contribution in [1.29, 1.82) is 5.26 Å². The average molecular weight is 461 g/mol. The second kappa shape index (κ2) is 7.44. The van der Waals surface area contributed by atoms with E-state index in [1.165, 1.54) is 27.9 Å². The first-order valence-corrected chi connectivity index (χ1v) is 12.4. The summed E-state index contributed by atoms with van der Waals surface area (Å²) in [5.41, 5.74) is 6.82. The number of hydrogen-bond donors (Lipinski definition) is 0. The van der Waals surface area contributed by atoms with Crippen LogP contribution in [-0.4, -0.2) is 0 Å². The van der Waals surface area contributed by atoms with Crippen LogP contribution < -0.4 is 4.90 Å². The molecule has 1 aliphatic heterocycles. The summed E-state index contributed by atoms with van der Waals surface area (Å²) in [5.74, 6) is 0. The normalized spacial score (nSPS) is 14.0. The van der Waals surface area contributed by atoms with Gasteiger partial charge in [-0.3, -0.25) is 0 Å². The maximum absolute atomic E-state index is 9.93. The number of para-hydroxylation sites is 2. The highest BCUT2D eigenvalue weighted by molar-refractivity contribution is 6.22. The van der Waals surface area contributed by atoms with Gasteiger partial charge in [0, 0.05) is 16.2 Å². The topological polar surface area (TPSA) is 27.0 Å². The van der Waals surface area contributed by atoms with Gasteiger partial charge >= 0.3 is 0 Å². The molecular weight excluding hydrogens is 436 g/mol. The molecule has 0 atom stereocenters. The molecule has 2 heteroatoms. The highest BCUT2D eigenvalue weighted by Crippen LogP contribution is 2.53. The Morgan fingerprint density at radius 3 is 1.61 bits per heavy atom. The van der Waals surface area contributed by atoms with Crippen LogP contribution in [0.2, 0.25) is 0 Å².